The fourth-order valence-corrected chi connectivity index (χ4v) is 1.92. The van der Waals surface area contributed by atoms with Gasteiger partial charge in [-0.05, 0) is 6.92 Å². The molecule has 6 nitrogen and oxygen atoms in total. The van der Waals surface area contributed by atoms with E-state index in [1.807, 2.05) is 0 Å². The fraction of sp³-hybridized carbons (Fsp3) is 0.231. The highest BCUT2D eigenvalue weighted by atomic mass is 35.5. The number of nitrogens with one attached hydrogen (secondary N) is 2. The molecule has 0 atom stereocenters. The predicted octanol–water partition coefficient (Wildman–Crippen LogP) is 2.64. The van der Waals surface area contributed by atoms with Crippen molar-refractivity contribution < 1.29 is 14.3 Å². The largest absolute Gasteiger partial charge is 0.493 e. The Morgan fingerprint density at radius 3 is 2.50 bits per heavy atom. The zero-order chi connectivity index (χ0) is 14.7. The Hall–Kier alpha value is -2.21. The molecular weight excluding hydrogens is 282 g/mol. The van der Waals surface area contributed by atoms with Gasteiger partial charge in [0.15, 0.2) is 11.5 Å². The maximum absolute atomic E-state index is 12.1. The number of benzene rings is 1. The Morgan fingerprint density at radius 1 is 1.30 bits per heavy atom. The third-order valence-corrected chi connectivity index (χ3v) is 3.11. The molecule has 2 aromatic rings. The summed E-state index contributed by atoms with van der Waals surface area (Å²) in [6, 6.07) is 3.19. The first-order valence-corrected chi connectivity index (χ1v) is 6.17. The van der Waals surface area contributed by atoms with Crippen LogP contribution in [0, 0.1) is 6.92 Å². The van der Waals surface area contributed by atoms with E-state index in [1.165, 1.54) is 20.4 Å². The van der Waals surface area contributed by atoms with Crippen LogP contribution in [-0.4, -0.2) is 30.3 Å². The van der Waals surface area contributed by atoms with Gasteiger partial charge in [-0.2, -0.15) is 5.10 Å². The van der Waals surface area contributed by atoms with Gasteiger partial charge < -0.3 is 14.8 Å². The summed E-state index contributed by atoms with van der Waals surface area (Å²) in [5.74, 6) is 0.677. The van der Waals surface area contributed by atoms with E-state index < -0.39 is 0 Å². The van der Waals surface area contributed by atoms with Crippen molar-refractivity contribution >= 4 is 23.2 Å². The monoisotopic (exact) mass is 295 g/mol. The average Bonchev–Trinajstić information content (AvgIpc) is 2.86. The highest BCUT2D eigenvalue weighted by Gasteiger charge is 2.15. The van der Waals surface area contributed by atoms with Gasteiger partial charge in [-0.25, -0.2) is 0 Å². The molecule has 0 unspecified atom stereocenters. The Kier molecular flexibility index (Phi) is 4.14. The second kappa shape index (κ2) is 5.83. The second-order valence-corrected chi connectivity index (χ2v) is 4.46. The summed E-state index contributed by atoms with van der Waals surface area (Å²) in [7, 11) is 3.03. The second-order valence-electron chi connectivity index (χ2n) is 4.05. The third kappa shape index (κ3) is 2.70. The van der Waals surface area contributed by atoms with Crippen LogP contribution < -0.4 is 14.8 Å². The Bertz CT molecular complexity index is 640. The lowest BCUT2D eigenvalue weighted by molar-refractivity contribution is 0.102. The van der Waals surface area contributed by atoms with Crippen molar-refractivity contribution in [2.24, 2.45) is 0 Å². The lowest BCUT2D eigenvalue weighted by Crippen LogP contribution is -2.13. The minimum atomic E-state index is -0.301. The zero-order valence-corrected chi connectivity index (χ0v) is 12.0. The lowest BCUT2D eigenvalue weighted by Gasteiger charge is -2.12. The van der Waals surface area contributed by atoms with Crippen LogP contribution in [0.5, 0.6) is 11.5 Å². The van der Waals surface area contributed by atoms with E-state index in [-0.39, 0.29) is 5.91 Å². The van der Waals surface area contributed by atoms with Gasteiger partial charge in [0.2, 0.25) is 0 Å². The molecule has 0 fully saturated rings. The van der Waals surface area contributed by atoms with Gasteiger partial charge >= 0.3 is 0 Å². The smallest absolute Gasteiger partial charge is 0.259 e. The van der Waals surface area contributed by atoms with Crippen molar-refractivity contribution in [3.63, 3.8) is 0 Å². The van der Waals surface area contributed by atoms with Gasteiger partial charge in [0.05, 0.1) is 36.7 Å². The molecule has 0 aliphatic carbocycles. The number of anilines is 1. The van der Waals surface area contributed by atoms with Crippen molar-refractivity contribution in [3.05, 3.63) is 34.6 Å². The van der Waals surface area contributed by atoms with Gasteiger partial charge in [-0.3, -0.25) is 9.89 Å². The van der Waals surface area contributed by atoms with E-state index in [4.69, 9.17) is 21.1 Å². The van der Waals surface area contributed by atoms with E-state index in [1.54, 1.807) is 19.1 Å². The molecule has 0 saturated carbocycles. The number of halogens is 1. The van der Waals surface area contributed by atoms with Gasteiger partial charge in [-0.1, -0.05) is 11.6 Å². The van der Waals surface area contributed by atoms with Crippen molar-refractivity contribution in [2.45, 2.75) is 6.92 Å². The predicted molar refractivity (Wildman–Crippen MR) is 75.8 cm³/mol. The number of carbonyl (C=O) groups excluding carboxylic acids is 1. The summed E-state index contributed by atoms with van der Waals surface area (Å²) >= 11 is 6.11. The van der Waals surface area contributed by atoms with E-state index in [2.05, 4.69) is 15.5 Å². The molecule has 7 heteroatoms. The van der Waals surface area contributed by atoms with Crippen molar-refractivity contribution in [1.82, 2.24) is 10.2 Å². The Labute approximate surface area is 121 Å². The summed E-state index contributed by atoms with van der Waals surface area (Å²) < 4.78 is 10.3. The first-order chi connectivity index (χ1) is 9.56. The number of methoxy groups -OCH3 is 2. The average molecular weight is 296 g/mol. The number of H-pyrrole nitrogens is 1. The van der Waals surface area contributed by atoms with E-state index in [0.717, 1.165) is 0 Å². The zero-order valence-electron chi connectivity index (χ0n) is 11.3. The molecule has 2 N–H and O–H groups in total. The molecule has 0 aliphatic heterocycles. The normalized spacial score (nSPS) is 10.2. The van der Waals surface area contributed by atoms with Crippen molar-refractivity contribution in [1.29, 1.82) is 0 Å². The molecule has 1 aromatic heterocycles. The molecular formula is C13H14ClN3O3. The van der Waals surface area contributed by atoms with E-state index in [0.29, 0.717) is 33.5 Å². The number of hydrogen-bond acceptors (Lipinski definition) is 4. The van der Waals surface area contributed by atoms with Crippen LogP contribution in [0.3, 0.4) is 0 Å². The highest BCUT2D eigenvalue weighted by molar-refractivity contribution is 6.34. The highest BCUT2D eigenvalue weighted by Crippen LogP contribution is 2.36. The number of carbonyl (C=O) groups is 1. The molecule has 0 spiro atoms. The minimum absolute atomic E-state index is 0.301. The Morgan fingerprint density at radius 2 is 1.95 bits per heavy atom. The number of rotatable bonds is 4. The van der Waals surface area contributed by atoms with Crippen LogP contribution in [0.1, 0.15) is 16.1 Å². The van der Waals surface area contributed by atoms with Crippen LogP contribution in [0.25, 0.3) is 0 Å². The minimum Gasteiger partial charge on any atom is -0.493 e. The summed E-state index contributed by atoms with van der Waals surface area (Å²) in [5.41, 5.74) is 1.57. The van der Waals surface area contributed by atoms with Gasteiger partial charge in [0.25, 0.3) is 5.91 Å². The van der Waals surface area contributed by atoms with E-state index >= 15 is 0 Å². The van der Waals surface area contributed by atoms with Gasteiger partial charge in [-0.15, -0.1) is 0 Å². The van der Waals surface area contributed by atoms with Crippen LogP contribution in [-0.2, 0) is 0 Å². The molecule has 1 amide bonds. The first-order valence-electron chi connectivity index (χ1n) is 5.79. The van der Waals surface area contributed by atoms with Crippen LogP contribution >= 0.6 is 11.6 Å². The fourth-order valence-electron chi connectivity index (χ4n) is 1.72. The topological polar surface area (TPSA) is 76.2 Å². The molecule has 20 heavy (non-hydrogen) atoms. The number of ether oxygens (including phenoxy) is 2. The maximum atomic E-state index is 12.1. The summed E-state index contributed by atoms with van der Waals surface area (Å²) in [4.78, 5) is 12.1. The lowest BCUT2D eigenvalue weighted by atomic mass is 10.2. The maximum Gasteiger partial charge on any atom is 0.259 e. The quantitative estimate of drug-likeness (QED) is 0.909. The summed E-state index contributed by atoms with van der Waals surface area (Å²) in [6.45, 7) is 1.76. The summed E-state index contributed by atoms with van der Waals surface area (Å²) in [6.07, 6.45) is 1.46. The molecule has 0 saturated heterocycles. The molecule has 1 heterocycles. The standard InChI is InChI=1S/C13H14ClN3O3/c1-7-8(6-15-17-7)13(18)16-10-5-12(20-3)11(19-2)4-9(10)14/h4-6H,1-3H3,(H,15,17)(H,16,18). The molecule has 106 valence electrons. The van der Waals surface area contributed by atoms with Crippen molar-refractivity contribution in [2.75, 3.05) is 19.5 Å². The Balaban J connectivity index is 2.30. The number of hydrogen-bond donors (Lipinski definition) is 2. The van der Waals surface area contributed by atoms with Crippen molar-refractivity contribution in [3.8, 4) is 11.5 Å². The molecule has 0 aliphatic rings. The number of amides is 1. The number of aromatic nitrogens is 2. The molecule has 1 aromatic carbocycles. The van der Waals surface area contributed by atoms with Gasteiger partial charge in [0, 0.05) is 17.8 Å². The van der Waals surface area contributed by atoms with Gasteiger partial charge in [0.1, 0.15) is 0 Å². The van der Waals surface area contributed by atoms with E-state index in [9.17, 15) is 4.79 Å². The molecule has 0 bridgehead atoms. The van der Waals surface area contributed by atoms with Crippen LogP contribution in [0.2, 0.25) is 5.02 Å². The van der Waals surface area contributed by atoms with Crippen LogP contribution in [0.15, 0.2) is 18.3 Å². The molecule has 2 rings (SSSR count). The van der Waals surface area contributed by atoms with Crippen LogP contribution in [0.4, 0.5) is 5.69 Å². The number of aryl methyl sites for hydroxylation is 1. The molecule has 0 radical (unpaired) electrons. The first kappa shape index (κ1) is 14.2. The SMILES string of the molecule is COc1cc(Cl)c(NC(=O)c2cn[nH]c2C)cc1OC. The third-order valence-electron chi connectivity index (χ3n) is 2.80. The summed E-state index contributed by atoms with van der Waals surface area (Å²) in [5, 5.41) is 9.58. The number of nitrogens with zero attached hydrogens (tertiary/aromatic N) is 1. The number of aromatic amines is 1.